The summed E-state index contributed by atoms with van der Waals surface area (Å²) in [6.07, 6.45) is 7.65. The third kappa shape index (κ3) is 3.18. The van der Waals surface area contributed by atoms with Gasteiger partial charge >= 0.3 is 6.03 Å². The van der Waals surface area contributed by atoms with Crippen molar-refractivity contribution in [3.05, 3.63) is 24.3 Å². The van der Waals surface area contributed by atoms with Gasteiger partial charge in [-0.15, -0.1) is 6.42 Å². The fourth-order valence-electron chi connectivity index (χ4n) is 2.90. The zero-order chi connectivity index (χ0) is 16.0. The number of nitrogens with one attached hydrogen (secondary N) is 1. The molecule has 0 spiro atoms. The summed E-state index contributed by atoms with van der Waals surface area (Å²) in [5.74, 6) is 2.95. The molecule has 0 unspecified atom stereocenters. The molecule has 2 amide bonds. The number of urea groups is 1. The van der Waals surface area contributed by atoms with Gasteiger partial charge < -0.3 is 20.1 Å². The molecule has 1 aromatic rings. The minimum Gasteiger partial charge on any atom is -0.479 e. The van der Waals surface area contributed by atoms with Crippen molar-refractivity contribution in [2.75, 3.05) is 25.1 Å². The number of carbonyl (C=O) groups excluding carboxylic acids is 1. The number of amides is 2. The standard InChI is InChI=1S/C17H22N2O3/c1-3-12-22-15-9-6-5-8-14(15)18-16(21)19-11-7-10-17(19,4-2)13-20/h1,5-6,8-9,20H,4,7,10-13H2,2H3,(H,18,21)/t17-/m1/s1. The molecule has 1 atom stereocenters. The van der Waals surface area contributed by atoms with E-state index in [1.54, 1.807) is 17.0 Å². The first-order chi connectivity index (χ1) is 10.7. The van der Waals surface area contributed by atoms with Crippen molar-refractivity contribution >= 4 is 11.7 Å². The third-order valence-electron chi connectivity index (χ3n) is 4.23. The predicted octanol–water partition coefficient (Wildman–Crippen LogP) is 2.47. The summed E-state index contributed by atoms with van der Waals surface area (Å²) in [5, 5.41) is 12.6. The Morgan fingerprint density at radius 1 is 1.55 bits per heavy atom. The lowest BCUT2D eigenvalue weighted by Gasteiger charge is -2.36. The average Bonchev–Trinajstić information content (AvgIpc) is 2.98. The second kappa shape index (κ2) is 7.19. The number of rotatable bonds is 5. The summed E-state index contributed by atoms with van der Waals surface area (Å²) in [6, 6.07) is 6.95. The summed E-state index contributed by atoms with van der Waals surface area (Å²) >= 11 is 0. The quantitative estimate of drug-likeness (QED) is 0.821. The molecule has 1 aromatic carbocycles. The number of benzene rings is 1. The Labute approximate surface area is 131 Å². The molecule has 1 heterocycles. The number of nitrogens with zero attached hydrogens (tertiary/aromatic N) is 1. The van der Waals surface area contributed by atoms with Crippen molar-refractivity contribution in [2.45, 2.75) is 31.7 Å². The Morgan fingerprint density at radius 2 is 2.32 bits per heavy atom. The molecular weight excluding hydrogens is 280 g/mol. The maximum Gasteiger partial charge on any atom is 0.322 e. The van der Waals surface area contributed by atoms with Crippen LogP contribution in [0.2, 0.25) is 0 Å². The number of aliphatic hydroxyl groups is 1. The molecule has 22 heavy (non-hydrogen) atoms. The smallest absolute Gasteiger partial charge is 0.322 e. The zero-order valence-corrected chi connectivity index (χ0v) is 12.8. The normalized spacial score (nSPS) is 20.5. The summed E-state index contributed by atoms with van der Waals surface area (Å²) in [4.78, 5) is 14.3. The van der Waals surface area contributed by atoms with E-state index in [0.29, 0.717) is 18.0 Å². The highest BCUT2D eigenvalue weighted by atomic mass is 16.5. The van der Waals surface area contributed by atoms with Gasteiger partial charge in [0.15, 0.2) is 0 Å². The van der Waals surface area contributed by atoms with Crippen LogP contribution in [0.3, 0.4) is 0 Å². The Bertz CT molecular complexity index is 561. The SMILES string of the molecule is C#CCOc1ccccc1NC(=O)N1CCC[C@]1(CC)CO. The van der Waals surface area contributed by atoms with Crippen molar-refractivity contribution in [3.8, 4) is 18.1 Å². The minimum absolute atomic E-state index is 0.0217. The predicted molar refractivity (Wildman–Crippen MR) is 85.8 cm³/mol. The summed E-state index contributed by atoms with van der Waals surface area (Å²) < 4.78 is 5.44. The molecule has 5 nitrogen and oxygen atoms in total. The van der Waals surface area contributed by atoms with Crippen molar-refractivity contribution in [2.24, 2.45) is 0 Å². The number of ether oxygens (including phenoxy) is 1. The fraction of sp³-hybridized carbons (Fsp3) is 0.471. The highest BCUT2D eigenvalue weighted by Gasteiger charge is 2.41. The van der Waals surface area contributed by atoms with E-state index >= 15 is 0 Å². The molecule has 5 heteroatoms. The molecule has 1 fully saturated rings. The lowest BCUT2D eigenvalue weighted by molar-refractivity contribution is 0.0867. The molecule has 118 valence electrons. The Balaban J connectivity index is 2.14. The van der Waals surface area contributed by atoms with Crippen molar-refractivity contribution in [3.63, 3.8) is 0 Å². The maximum atomic E-state index is 12.6. The molecule has 2 rings (SSSR count). The zero-order valence-electron chi connectivity index (χ0n) is 12.8. The van der Waals surface area contributed by atoms with Crippen LogP contribution in [0.15, 0.2) is 24.3 Å². The molecule has 0 aromatic heterocycles. The third-order valence-corrected chi connectivity index (χ3v) is 4.23. The van der Waals surface area contributed by atoms with E-state index in [1.807, 2.05) is 19.1 Å². The van der Waals surface area contributed by atoms with Gasteiger partial charge in [-0.05, 0) is 31.4 Å². The van der Waals surface area contributed by atoms with Crippen LogP contribution in [-0.4, -0.2) is 41.3 Å². The van der Waals surface area contributed by atoms with Crippen LogP contribution in [0.25, 0.3) is 0 Å². The first-order valence-electron chi connectivity index (χ1n) is 7.51. The van der Waals surface area contributed by atoms with E-state index in [1.165, 1.54) is 0 Å². The average molecular weight is 302 g/mol. The first-order valence-corrected chi connectivity index (χ1v) is 7.51. The van der Waals surface area contributed by atoms with Gasteiger partial charge in [-0.25, -0.2) is 4.79 Å². The van der Waals surface area contributed by atoms with Crippen LogP contribution in [-0.2, 0) is 0 Å². The van der Waals surface area contributed by atoms with Gasteiger partial charge in [0.1, 0.15) is 12.4 Å². The lowest BCUT2D eigenvalue weighted by atomic mass is 9.94. The van der Waals surface area contributed by atoms with E-state index in [-0.39, 0.29) is 19.2 Å². The molecule has 0 saturated carbocycles. The number of anilines is 1. The lowest BCUT2D eigenvalue weighted by Crippen LogP contribution is -2.51. The van der Waals surface area contributed by atoms with Gasteiger partial charge in [-0.1, -0.05) is 25.0 Å². The maximum absolute atomic E-state index is 12.6. The molecule has 2 N–H and O–H groups in total. The largest absolute Gasteiger partial charge is 0.479 e. The molecule has 0 aliphatic carbocycles. The molecular formula is C17H22N2O3. The Kier molecular flexibility index (Phi) is 5.29. The van der Waals surface area contributed by atoms with Crippen LogP contribution < -0.4 is 10.1 Å². The van der Waals surface area contributed by atoms with Crippen molar-refractivity contribution in [1.29, 1.82) is 0 Å². The first kappa shape index (κ1) is 16.2. The highest BCUT2D eigenvalue weighted by Crippen LogP contribution is 2.33. The van der Waals surface area contributed by atoms with E-state index in [0.717, 1.165) is 19.3 Å². The van der Waals surface area contributed by atoms with E-state index in [9.17, 15) is 9.90 Å². The number of hydrogen-bond acceptors (Lipinski definition) is 3. The van der Waals surface area contributed by atoms with Crippen molar-refractivity contribution < 1.29 is 14.6 Å². The number of carbonyl (C=O) groups is 1. The number of para-hydroxylation sites is 2. The van der Waals surface area contributed by atoms with Crippen LogP contribution in [0.5, 0.6) is 5.75 Å². The molecule has 1 aliphatic heterocycles. The molecule has 1 saturated heterocycles. The molecule has 0 radical (unpaired) electrons. The topological polar surface area (TPSA) is 61.8 Å². The van der Waals surface area contributed by atoms with Gasteiger partial charge in [0.25, 0.3) is 0 Å². The van der Waals surface area contributed by atoms with Crippen LogP contribution in [0.4, 0.5) is 10.5 Å². The van der Waals surface area contributed by atoms with Gasteiger partial charge in [-0.2, -0.15) is 0 Å². The second-order valence-corrected chi connectivity index (χ2v) is 5.41. The number of aliphatic hydroxyl groups excluding tert-OH is 1. The van der Waals surface area contributed by atoms with Gasteiger partial charge in [0.05, 0.1) is 17.8 Å². The van der Waals surface area contributed by atoms with E-state index in [4.69, 9.17) is 11.2 Å². The summed E-state index contributed by atoms with van der Waals surface area (Å²) in [7, 11) is 0. The van der Waals surface area contributed by atoms with Gasteiger partial charge in [0.2, 0.25) is 0 Å². The number of terminal acetylenes is 1. The minimum atomic E-state index is -0.460. The molecule has 1 aliphatic rings. The van der Waals surface area contributed by atoms with Gasteiger partial charge in [-0.3, -0.25) is 0 Å². The highest BCUT2D eigenvalue weighted by molar-refractivity contribution is 5.91. The van der Waals surface area contributed by atoms with E-state index < -0.39 is 5.54 Å². The Morgan fingerprint density at radius 3 is 3.00 bits per heavy atom. The summed E-state index contributed by atoms with van der Waals surface area (Å²) in [6.45, 7) is 2.76. The van der Waals surface area contributed by atoms with E-state index in [2.05, 4.69) is 11.2 Å². The van der Waals surface area contributed by atoms with Gasteiger partial charge in [0, 0.05) is 6.54 Å². The fourth-order valence-corrected chi connectivity index (χ4v) is 2.90. The van der Waals surface area contributed by atoms with Crippen LogP contribution in [0.1, 0.15) is 26.2 Å². The van der Waals surface area contributed by atoms with Crippen molar-refractivity contribution in [1.82, 2.24) is 4.90 Å². The summed E-state index contributed by atoms with van der Waals surface area (Å²) in [5.41, 5.74) is 0.121. The van der Waals surface area contributed by atoms with Crippen LogP contribution in [0, 0.1) is 12.3 Å². The number of hydrogen-bond donors (Lipinski definition) is 2. The van der Waals surface area contributed by atoms with Crippen LogP contribution >= 0.6 is 0 Å². The molecule has 0 bridgehead atoms. The second-order valence-electron chi connectivity index (χ2n) is 5.41. The monoisotopic (exact) mass is 302 g/mol. The number of likely N-dealkylation sites (tertiary alicyclic amines) is 1. The Hall–Kier alpha value is -2.19.